The first-order valence-corrected chi connectivity index (χ1v) is 13.3. The second-order valence-corrected chi connectivity index (χ2v) is 10.4. The fourth-order valence-corrected chi connectivity index (χ4v) is 5.73. The van der Waals surface area contributed by atoms with Gasteiger partial charge in [0.2, 0.25) is 0 Å². The molecule has 2 aliphatic rings. The molecule has 1 atom stereocenters. The molecular formula is C31H33N3O5. The van der Waals surface area contributed by atoms with Crippen LogP contribution in [0.4, 0.5) is 0 Å². The standard InChI is InChI=1S/C31H33N3O5/c1-32-30(35)23-6-4-5-20-15-21(7-8-22(20)23)39-26-9-12-33-25-17-28(27(36-2)16-24(25)26)38-14-13-34-18-29(37-3)31(19-34)10-11-31/h4-9,12,15-17,29H,10-11,13-14,18-19H2,1-3H3,(H,32,35). The number of pyridine rings is 1. The van der Waals surface area contributed by atoms with Crippen molar-refractivity contribution in [1.29, 1.82) is 0 Å². The van der Waals surface area contributed by atoms with Gasteiger partial charge in [-0.15, -0.1) is 0 Å². The van der Waals surface area contributed by atoms with Crippen LogP contribution in [0.2, 0.25) is 0 Å². The van der Waals surface area contributed by atoms with Crippen LogP contribution in [0.3, 0.4) is 0 Å². The second-order valence-electron chi connectivity index (χ2n) is 10.4. The van der Waals surface area contributed by atoms with Gasteiger partial charge in [-0.1, -0.05) is 12.1 Å². The minimum atomic E-state index is -0.119. The number of amides is 1. The molecule has 1 spiro atoms. The third-order valence-electron chi connectivity index (χ3n) is 8.03. The molecule has 0 radical (unpaired) electrons. The minimum Gasteiger partial charge on any atom is -0.493 e. The fraction of sp³-hybridized carbons (Fsp3) is 0.355. The Balaban J connectivity index is 1.20. The van der Waals surface area contributed by atoms with Gasteiger partial charge in [0.15, 0.2) is 11.5 Å². The maximum absolute atomic E-state index is 12.2. The van der Waals surface area contributed by atoms with Crippen molar-refractivity contribution in [3.63, 3.8) is 0 Å². The number of carbonyl (C=O) groups is 1. The number of ether oxygens (including phenoxy) is 4. The Morgan fingerprint density at radius 2 is 1.92 bits per heavy atom. The van der Waals surface area contributed by atoms with Gasteiger partial charge in [0.1, 0.15) is 18.1 Å². The molecule has 2 fully saturated rings. The predicted molar refractivity (Wildman–Crippen MR) is 150 cm³/mol. The smallest absolute Gasteiger partial charge is 0.251 e. The van der Waals surface area contributed by atoms with Gasteiger partial charge in [0.05, 0.1) is 18.7 Å². The zero-order valence-corrected chi connectivity index (χ0v) is 22.5. The van der Waals surface area contributed by atoms with E-state index in [4.69, 9.17) is 18.9 Å². The highest BCUT2D eigenvalue weighted by atomic mass is 16.5. The summed E-state index contributed by atoms with van der Waals surface area (Å²) in [5.74, 6) is 2.49. The van der Waals surface area contributed by atoms with Gasteiger partial charge in [0.25, 0.3) is 5.91 Å². The molecule has 1 aliphatic carbocycles. The Kier molecular flexibility index (Phi) is 6.74. The van der Waals surface area contributed by atoms with Gasteiger partial charge in [-0.3, -0.25) is 14.7 Å². The fourth-order valence-electron chi connectivity index (χ4n) is 5.73. The van der Waals surface area contributed by atoms with Gasteiger partial charge in [-0.2, -0.15) is 0 Å². The lowest BCUT2D eigenvalue weighted by atomic mass is 10.0. The first-order chi connectivity index (χ1) is 19.0. The number of benzene rings is 3. The molecule has 1 aliphatic heterocycles. The molecule has 1 aromatic heterocycles. The summed E-state index contributed by atoms with van der Waals surface area (Å²) >= 11 is 0. The summed E-state index contributed by atoms with van der Waals surface area (Å²) in [6.07, 6.45) is 4.57. The van der Waals surface area contributed by atoms with E-state index in [-0.39, 0.29) is 5.91 Å². The number of hydrogen-bond donors (Lipinski definition) is 1. The zero-order valence-electron chi connectivity index (χ0n) is 22.5. The van der Waals surface area contributed by atoms with Crippen molar-refractivity contribution in [2.75, 3.05) is 47.5 Å². The lowest BCUT2D eigenvalue weighted by molar-refractivity contribution is 0.0693. The van der Waals surface area contributed by atoms with E-state index in [0.29, 0.717) is 46.7 Å². The highest BCUT2D eigenvalue weighted by molar-refractivity contribution is 6.07. The Labute approximate surface area is 227 Å². The molecule has 1 saturated heterocycles. The molecule has 2 heterocycles. The van der Waals surface area contributed by atoms with Crippen LogP contribution < -0.4 is 19.5 Å². The van der Waals surface area contributed by atoms with Gasteiger partial charge >= 0.3 is 0 Å². The molecule has 3 aromatic carbocycles. The number of aromatic nitrogens is 1. The summed E-state index contributed by atoms with van der Waals surface area (Å²) in [5.41, 5.74) is 1.75. The monoisotopic (exact) mass is 527 g/mol. The molecule has 6 rings (SSSR count). The summed E-state index contributed by atoms with van der Waals surface area (Å²) in [7, 11) is 5.09. The third-order valence-corrected chi connectivity index (χ3v) is 8.03. The predicted octanol–water partition coefficient (Wildman–Crippen LogP) is 5.04. The van der Waals surface area contributed by atoms with Crippen molar-refractivity contribution < 1.29 is 23.7 Å². The number of carbonyl (C=O) groups excluding carboxylic acids is 1. The molecule has 4 aromatic rings. The Morgan fingerprint density at radius 3 is 2.67 bits per heavy atom. The quantitative estimate of drug-likeness (QED) is 0.327. The summed E-state index contributed by atoms with van der Waals surface area (Å²) in [6, 6.07) is 17.0. The number of nitrogens with one attached hydrogen (secondary N) is 1. The van der Waals surface area contributed by atoms with E-state index in [1.807, 2.05) is 61.7 Å². The van der Waals surface area contributed by atoms with Gasteiger partial charge < -0.3 is 24.3 Å². The third kappa shape index (κ3) is 4.86. The first kappa shape index (κ1) is 25.4. The van der Waals surface area contributed by atoms with Crippen LogP contribution >= 0.6 is 0 Å². The number of likely N-dealkylation sites (tertiary alicyclic amines) is 1. The number of hydrogen-bond acceptors (Lipinski definition) is 7. The Hall–Kier alpha value is -3.88. The van der Waals surface area contributed by atoms with Crippen LogP contribution in [0.1, 0.15) is 23.2 Å². The van der Waals surface area contributed by atoms with E-state index in [0.717, 1.165) is 41.3 Å². The minimum absolute atomic E-state index is 0.119. The lowest BCUT2D eigenvalue weighted by Crippen LogP contribution is -2.27. The van der Waals surface area contributed by atoms with Crippen LogP contribution in [-0.4, -0.2) is 69.4 Å². The molecule has 1 amide bonds. The van der Waals surface area contributed by atoms with Crippen molar-refractivity contribution in [3.05, 3.63) is 66.4 Å². The van der Waals surface area contributed by atoms with Crippen molar-refractivity contribution >= 4 is 27.6 Å². The number of rotatable bonds is 9. The molecule has 1 unspecified atom stereocenters. The zero-order chi connectivity index (χ0) is 27.0. The molecule has 8 heteroatoms. The number of fused-ring (bicyclic) bond motifs is 2. The molecule has 1 N–H and O–H groups in total. The van der Waals surface area contributed by atoms with E-state index in [9.17, 15) is 4.79 Å². The summed E-state index contributed by atoms with van der Waals surface area (Å²) in [6.45, 7) is 3.43. The average molecular weight is 528 g/mol. The summed E-state index contributed by atoms with van der Waals surface area (Å²) < 4.78 is 23.9. The Bertz CT molecular complexity index is 1530. The molecule has 8 nitrogen and oxygen atoms in total. The lowest BCUT2D eigenvalue weighted by Gasteiger charge is -2.17. The average Bonchev–Trinajstić information content (AvgIpc) is 3.65. The number of methoxy groups -OCH3 is 2. The second kappa shape index (κ2) is 10.4. The Morgan fingerprint density at radius 1 is 1.05 bits per heavy atom. The largest absolute Gasteiger partial charge is 0.493 e. The van der Waals surface area contributed by atoms with Gasteiger partial charge in [-0.05, 0) is 60.0 Å². The maximum Gasteiger partial charge on any atom is 0.251 e. The van der Waals surface area contributed by atoms with Crippen LogP contribution in [-0.2, 0) is 4.74 Å². The van der Waals surface area contributed by atoms with Crippen LogP contribution in [0.15, 0.2) is 60.8 Å². The maximum atomic E-state index is 12.2. The van der Waals surface area contributed by atoms with Crippen LogP contribution in [0.5, 0.6) is 23.0 Å². The molecule has 39 heavy (non-hydrogen) atoms. The van der Waals surface area contributed by atoms with E-state index in [2.05, 4.69) is 15.2 Å². The van der Waals surface area contributed by atoms with E-state index >= 15 is 0 Å². The van der Waals surface area contributed by atoms with Gasteiger partial charge in [-0.25, -0.2) is 0 Å². The highest BCUT2D eigenvalue weighted by Crippen LogP contribution is 2.53. The SMILES string of the molecule is CNC(=O)c1cccc2cc(Oc3ccnc4cc(OCCN5CC(OC)C6(CC6)C5)c(OC)cc34)ccc12. The van der Waals surface area contributed by atoms with Crippen molar-refractivity contribution in [2.45, 2.75) is 18.9 Å². The van der Waals surface area contributed by atoms with Crippen molar-refractivity contribution in [1.82, 2.24) is 15.2 Å². The van der Waals surface area contributed by atoms with Crippen LogP contribution in [0, 0.1) is 5.41 Å². The topological polar surface area (TPSA) is 82.2 Å². The summed E-state index contributed by atoms with van der Waals surface area (Å²) in [4.78, 5) is 19.2. The molecule has 0 bridgehead atoms. The molecule has 1 saturated carbocycles. The molecule has 202 valence electrons. The van der Waals surface area contributed by atoms with E-state index in [1.54, 1.807) is 20.4 Å². The first-order valence-electron chi connectivity index (χ1n) is 13.3. The highest BCUT2D eigenvalue weighted by Gasteiger charge is 2.55. The van der Waals surface area contributed by atoms with Crippen molar-refractivity contribution in [3.8, 4) is 23.0 Å². The van der Waals surface area contributed by atoms with Crippen molar-refractivity contribution in [2.24, 2.45) is 5.41 Å². The number of nitrogens with zero attached hydrogens (tertiary/aromatic N) is 2. The normalized spacial score (nSPS) is 18.0. The van der Waals surface area contributed by atoms with Crippen LogP contribution in [0.25, 0.3) is 21.7 Å². The van der Waals surface area contributed by atoms with E-state index < -0.39 is 0 Å². The summed E-state index contributed by atoms with van der Waals surface area (Å²) in [5, 5.41) is 5.30. The van der Waals surface area contributed by atoms with E-state index in [1.165, 1.54) is 12.8 Å². The van der Waals surface area contributed by atoms with Gasteiger partial charge in [0, 0.05) is 62.4 Å². The molecular weight excluding hydrogens is 494 g/mol.